The molecule has 2 N–H and O–H groups in total. The minimum Gasteiger partial charge on any atom is -0.496 e. The van der Waals surface area contributed by atoms with Crippen LogP contribution in [-0.4, -0.2) is 21.7 Å². The summed E-state index contributed by atoms with van der Waals surface area (Å²) in [6.07, 6.45) is 5.44. The van der Waals surface area contributed by atoms with E-state index in [-0.39, 0.29) is 6.17 Å². The van der Waals surface area contributed by atoms with Gasteiger partial charge in [0.05, 0.1) is 19.0 Å². The van der Waals surface area contributed by atoms with Crippen LogP contribution in [-0.2, 0) is 10.0 Å². The first-order valence-corrected chi connectivity index (χ1v) is 11.0. The molecule has 1 aliphatic carbocycles. The topological polar surface area (TPSA) is 67.4 Å². The Bertz CT molecular complexity index is 950. The first-order valence-electron chi connectivity index (χ1n) is 9.56. The van der Waals surface area contributed by atoms with E-state index >= 15 is 0 Å². The molecule has 5 nitrogen and oxygen atoms in total. The van der Waals surface area contributed by atoms with Crippen molar-refractivity contribution in [3.63, 3.8) is 0 Å². The van der Waals surface area contributed by atoms with E-state index < -0.39 is 10.0 Å². The predicted octanol–water partition coefficient (Wildman–Crippen LogP) is 4.28. The Hall–Kier alpha value is -2.05. The third-order valence-corrected chi connectivity index (χ3v) is 7.21. The number of fused-ring (bicyclic) bond motifs is 1. The number of anilines is 1. The van der Waals surface area contributed by atoms with Gasteiger partial charge in [-0.1, -0.05) is 37.5 Å². The predicted molar refractivity (Wildman–Crippen MR) is 107 cm³/mol. The number of ether oxygens (including phenoxy) is 1. The zero-order valence-electron chi connectivity index (χ0n) is 15.8. The molecule has 1 atom stereocenters. The Labute approximate surface area is 161 Å². The van der Waals surface area contributed by atoms with Crippen molar-refractivity contribution in [2.75, 3.05) is 12.4 Å². The number of benzene rings is 2. The molecular weight excluding hydrogens is 360 g/mol. The highest BCUT2D eigenvalue weighted by Crippen LogP contribution is 2.39. The molecular formula is C21H26N2O3S. The summed E-state index contributed by atoms with van der Waals surface area (Å²) in [4.78, 5) is 0.325. The molecule has 0 spiro atoms. The van der Waals surface area contributed by atoms with Gasteiger partial charge in [-0.3, -0.25) is 0 Å². The summed E-state index contributed by atoms with van der Waals surface area (Å²) in [6.45, 7) is 1.94. The van der Waals surface area contributed by atoms with E-state index in [2.05, 4.69) is 10.0 Å². The lowest BCUT2D eigenvalue weighted by molar-refractivity contribution is 0.306. The van der Waals surface area contributed by atoms with Crippen LogP contribution in [0, 0.1) is 12.8 Å². The lowest BCUT2D eigenvalue weighted by atomic mass is 9.87. The maximum Gasteiger partial charge on any atom is 0.244 e. The van der Waals surface area contributed by atoms with Gasteiger partial charge < -0.3 is 10.1 Å². The first-order chi connectivity index (χ1) is 13.0. The second-order valence-electron chi connectivity index (χ2n) is 7.50. The number of methoxy groups -OCH3 is 1. The monoisotopic (exact) mass is 386 g/mol. The maximum atomic E-state index is 12.9. The Kier molecular flexibility index (Phi) is 4.86. The number of rotatable bonds is 3. The molecule has 1 saturated carbocycles. The van der Waals surface area contributed by atoms with Gasteiger partial charge in [0.2, 0.25) is 10.0 Å². The zero-order valence-corrected chi connectivity index (χ0v) is 16.6. The molecule has 2 aliphatic rings. The van der Waals surface area contributed by atoms with Gasteiger partial charge in [0.15, 0.2) is 0 Å². The van der Waals surface area contributed by atoms with Gasteiger partial charge in [0, 0.05) is 5.56 Å². The van der Waals surface area contributed by atoms with Crippen LogP contribution >= 0.6 is 0 Å². The third kappa shape index (κ3) is 3.44. The summed E-state index contributed by atoms with van der Waals surface area (Å²) in [5.41, 5.74) is 3.53. The number of hydrogen-bond donors (Lipinski definition) is 2. The van der Waals surface area contributed by atoms with Crippen molar-refractivity contribution in [3.05, 3.63) is 42.0 Å². The molecule has 2 aromatic rings. The standard InChI is InChI=1S/C21H26N2O3S/c1-14-12-20-18(13-17(14)16-10-6-7-11-19(16)26-2)22-21(23-27(20,24)25)15-8-4-3-5-9-15/h6-7,10-13,15,21-23H,3-5,8-9H2,1-2H3. The Morgan fingerprint density at radius 2 is 1.78 bits per heavy atom. The molecule has 1 heterocycles. The van der Waals surface area contributed by atoms with Crippen LogP contribution in [0.1, 0.15) is 37.7 Å². The van der Waals surface area contributed by atoms with Crippen LogP contribution in [0.3, 0.4) is 0 Å². The molecule has 0 aromatic heterocycles. The van der Waals surface area contributed by atoms with Crippen molar-refractivity contribution in [2.24, 2.45) is 5.92 Å². The molecule has 2 aromatic carbocycles. The van der Waals surface area contributed by atoms with Crippen LogP contribution in [0.5, 0.6) is 5.75 Å². The van der Waals surface area contributed by atoms with Crippen molar-refractivity contribution in [1.29, 1.82) is 0 Å². The maximum absolute atomic E-state index is 12.9. The molecule has 1 aliphatic heterocycles. The molecule has 0 amide bonds. The van der Waals surface area contributed by atoms with E-state index in [1.165, 1.54) is 6.42 Å². The number of sulfonamides is 1. The molecule has 1 fully saturated rings. The van der Waals surface area contributed by atoms with Gasteiger partial charge in [-0.15, -0.1) is 0 Å². The Morgan fingerprint density at radius 1 is 1.04 bits per heavy atom. The van der Waals surface area contributed by atoms with E-state index in [4.69, 9.17) is 4.74 Å². The highest BCUT2D eigenvalue weighted by Gasteiger charge is 2.34. The molecule has 6 heteroatoms. The number of aryl methyl sites for hydroxylation is 1. The van der Waals surface area contributed by atoms with Crippen molar-refractivity contribution in [3.8, 4) is 16.9 Å². The van der Waals surface area contributed by atoms with Gasteiger partial charge in [0.25, 0.3) is 0 Å². The molecule has 144 valence electrons. The van der Waals surface area contributed by atoms with Gasteiger partial charge in [-0.05, 0) is 55.0 Å². The lowest BCUT2D eigenvalue weighted by Gasteiger charge is -2.36. The van der Waals surface area contributed by atoms with Gasteiger partial charge in [-0.25, -0.2) is 8.42 Å². The summed E-state index contributed by atoms with van der Waals surface area (Å²) in [7, 11) is -1.87. The van der Waals surface area contributed by atoms with Crippen molar-refractivity contribution in [2.45, 2.75) is 50.1 Å². The van der Waals surface area contributed by atoms with Crippen LogP contribution < -0.4 is 14.8 Å². The third-order valence-electron chi connectivity index (χ3n) is 5.73. The summed E-state index contributed by atoms with van der Waals surface area (Å²) in [6, 6.07) is 11.5. The van der Waals surface area contributed by atoms with E-state index in [9.17, 15) is 8.42 Å². The van der Waals surface area contributed by atoms with Crippen molar-refractivity contribution in [1.82, 2.24) is 4.72 Å². The number of nitrogens with one attached hydrogen (secondary N) is 2. The average molecular weight is 387 g/mol. The summed E-state index contributed by atoms with van der Waals surface area (Å²) < 4.78 is 34.1. The molecule has 0 saturated heterocycles. The summed E-state index contributed by atoms with van der Waals surface area (Å²) >= 11 is 0. The number of para-hydroxylation sites is 1. The van der Waals surface area contributed by atoms with Crippen LogP contribution in [0.4, 0.5) is 5.69 Å². The van der Waals surface area contributed by atoms with E-state index in [1.807, 2.05) is 37.3 Å². The van der Waals surface area contributed by atoms with E-state index in [0.717, 1.165) is 48.1 Å². The summed E-state index contributed by atoms with van der Waals surface area (Å²) in [5, 5.41) is 3.47. The Balaban J connectivity index is 1.77. The Morgan fingerprint density at radius 3 is 2.52 bits per heavy atom. The highest BCUT2D eigenvalue weighted by molar-refractivity contribution is 7.89. The van der Waals surface area contributed by atoms with Crippen molar-refractivity contribution >= 4 is 15.7 Å². The first kappa shape index (κ1) is 18.3. The zero-order chi connectivity index (χ0) is 19.0. The highest BCUT2D eigenvalue weighted by atomic mass is 32.2. The second kappa shape index (κ2) is 7.17. The van der Waals surface area contributed by atoms with Crippen LogP contribution in [0.15, 0.2) is 41.3 Å². The molecule has 0 bridgehead atoms. The smallest absolute Gasteiger partial charge is 0.244 e. The van der Waals surface area contributed by atoms with Crippen molar-refractivity contribution < 1.29 is 13.2 Å². The molecule has 4 rings (SSSR count). The number of hydrogen-bond acceptors (Lipinski definition) is 4. The van der Waals surface area contributed by atoms with Gasteiger partial charge in [-0.2, -0.15) is 4.72 Å². The second-order valence-corrected chi connectivity index (χ2v) is 9.19. The average Bonchev–Trinajstić information content (AvgIpc) is 2.68. The summed E-state index contributed by atoms with van der Waals surface area (Å²) in [5.74, 6) is 1.11. The minimum absolute atomic E-state index is 0.240. The van der Waals surface area contributed by atoms with Crippen LogP contribution in [0.25, 0.3) is 11.1 Å². The fourth-order valence-electron chi connectivity index (χ4n) is 4.28. The normalized spacial score (nSPS) is 21.9. The molecule has 27 heavy (non-hydrogen) atoms. The minimum atomic E-state index is -3.52. The van der Waals surface area contributed by atoms with Gasteiger partial charge >= 0.3 is 0 Å². The largest absolute Gasteiger partial charge is 0.496 e. The van der Waals surface area contributed by atoms with Crippen LogP contribution in [0.2, 0.25) is 0 Å². The van der Waals surface area contributed by atoms with E-state index in [0.29, 0.717) is 16.5 Å². The lowest BCUT2D eigenvalue weighted by Crippen LogP contribution is -2.49. The molecule has 0 radical (unpaired) electrons. The SMILES string of the molecule is COc1ccccc1-c1cc2c(cc1C)S(=O)(=O)NC(C1CCCCC1)N2. The quantitative estimate of drug-likeness (QED) is 0.826. The fraction of sp³-hybridized carbons (Fsp3) is 0.429. The molecule has 1 unspecified atom stereocenters. The van der Waals surface area contributed by atoms with Gasteiger partial charge in [0.1, 0.15) is 10.6 Å². The fourth-order valence-corrected chi connectivity index (χ4v) is 5.74. The van der Waals surface area contributed by atoms with E-state index in [1.54, 1.807) is 13.2 Å².